The smallest absolute Gasteiger partial charge is 0.274 e. The lowest BCUT2D eigenvalue weighted by Crippen LogP contribution is -2.24. The van der Waals surface area contributed by atoms with Crippen molar-refractivity contribution in [3.63, 3.8) is 0 Å². The monoisotopic (exact) mass is 277 g/mol. The van der Waals surface area contributed by atoms with Gasteiger partial charge in [0.2, 0.25) is 0 Å². The van der Waals surface area contributed by atoms with Gasteiger partial charge in [-0.1, -0.05) is 0 Å². The van der Waals surface area contributed by atoms with E-state index in [1.807, 2.05) is 6.92 Å². The van der Waals surface area contributed by atoms with Gasteiger partial charge in [-0.3, -0.25) is 9.89 Å². The average Bonchev–Trinajstić information content (AvgIpc) is 3.03. The molecule has 0 unspecified atom stereocenters. The Morgan fingerprint density at radius 1 is 1.63 bits per heavy atom. The first-order valence-electron chi connectivity index (χ1n) is 6.18. The lowest BCUT2D eigenvalue weighted by Gasteiger charge is -2.01. The number of carbonyl (C=O) groups is 1. The van der Waals surface area contributed by atoms with E-state index in [2.05, 4.69) is 20.5 Å². The highest BCUT2D eigenvalue weighted by atomic mass is 32.1. The molecule has 7 heteroatoms. The Labute approximate surface area is 114 Å². The molecule has 0 radical (unpaired) electrons. The lowest BCUT2D eigenvalue weighted by atomic mass is 10.2. The second-order valence-corrected chi connectivity index (χ2v) is 6.04. The van der Waals surface area contributed by atoms with E-state index in [4.69, 9.17) is 5.73 Å². The third-order valence-electron chi connectivity index (χ3n) is 3.10. The number of nitrogen functional groups attached to an aromatic ring is 1. The molecule has 2 aromatic heterocycles. The Morgan fingerprint density at radius 3 is 3.05 bits per heavy atom. The van der Waals surface area contributed by atoms with Gasteiger partial charge in [0.25, 0.3) is 5.91 Å². The minimum absolute atomic E-state index is 0.256. The minimum atomic E-state index is -0.256. The summed E-state index contributed by atoms with van der Waals surface area (Å²) >= 11 is 1.56. The number of hydrogen-bond acceptors (Lipinski definition) is 5. The number of nitrogens with zero attached hydrogens (tertiary/aromatic N) is 2. The third-order valence-corrected chi connectivity index (χ3v) is 4.02. The molecule has 0 spiro atoms. The van der Waals surface area contributed by atoms with Gasteiger partial charge in [0.15, 0.2) is 5.69 Å². The number of nitrogens with two attached hydrogens (primary N) is 1. The summed E-state index contributed by atoms with van der Waals surface area (Å²) in [6.45, 7) is 2.39. The number of aryl methyl sites for hydroxylation is 1. The Morgan fingerprint density at radius 2 is 2.42 bits per heavy atom. The molecule has 2 heterocycles. The standard InChI is InChI=1S/C12H15N5OS/c1-6-4-14-8(19-6)5-15-12(18)11-9(13)10(16-17-11)7-2-3-7/h4,7H,2-3,5,13H2,1H3,(H,15,18)(H,16,17). The molecular formula is C12H15N5OS. The molecule has 2 aromatic rings. The Kier molecular flexibility index (Phi) is 2.98. The second-order valence-electron chi connectivity index (χ2n) is 4.72. The summed E-state index contributed by atoms with van der Waals surface area (Å²) < 4.78 is 0. The molecule has 0 aliphatic heterocycles. The van der Waals surface area contributed by atoms with E-state index in [0.29, 0.717) is 18.2 Å². The summed E-state index contributed by atoms with van der Waals surface area (Å²) in [4.78, 5) is 17.3. The maximum absolute atomic E-state index is 12.0. The molecular weight excluding hydrogens is 262 g/mol. The van der Waals surface area contributed by atoms with E-state index >= 15 is 0 Å². The van der Waals surface area contributed by atoms with Crippen molar-refractivity contribution >= 4 is 22.9 Å². The highest BCUT2D eigenvalue weighted by Gasteiger charge is 2.30. The molecule has 1 saturated carbocycles. The van der Waals surface area contributed by atoms with Gasteiger partial charge in [-0.25, -0.2) is 4.98 Å². The Hall–Kier alpha value is -1.89. The first kappa shape index (κ1) is 12.2. The number of aromatic nitrogens is 3. The molecule has 4 N–H and O–H groups in total. The fraction of sp³-hybridized carbons (Fsp3) is 0.417. The Balaban J connectivity index is 1.66. The van der Waals surface area contributed by atoms with Crippen LogP contribution in [0, 0.1) is 6.92 Å². The topological polar surface area (TPSA) is 96.7 Å². The van der Waals surface area contributed by atoms with Gasteiger partial charge in [0.1, 0.15) is 5.01 Å². The van der Waals surface area contributed by atoms with Gasteiger partial charge in [0, 0.05) is 17.0 Å². The molecule has 1 aliphatic carbocycles. The maximum atomic E-state index is 12.0. The average molecular weight is 277 g/mol. The van der Waals surface area contributed by atoms with E-state index in [0.717, 1.165) is 28.4 Å². The molecule has 1 aliphatic rings. The SMILES string of the molecule is Cc1cnc(CNC(=O)c2n[nH]c(C3CC3)c2N)s1. The van der Waals surface area contributed by atoms with Crippen molar-refractivity contribution in [2.45, 2.75) is 32.2 Å². The van der Waals surface area contributed by atoms with Crippen LogP contribution in [0.15, 0.2) is 6.20 Å². The van der Waals surface area contributed by atoms with E-state index < -0.39 is 0 Å². The summed E-state index contributed by atoms with van der Waals surface area (Å²) in [5.74, 6) is 0.198. The summed E-state index contributed by atoms with van der Waals surface area (Å²) in [5, 5.41) is 10.6. The first-order chi connectivity index (χ1) is 9.15. The lowest BCUT2D eigenvalue weighted by molar-refractivity contribution is 0.0946. The fourth-order valence-corrected chi connectivity index (χ4v) is 2.67. The molecule has 0 aromatic carbocycles. The number of amides is 1. The number of rotatable bonds is 4. The zero-order chi connectivity index (χ0) is 13.4. The van der Waals surface area contributed by atoms with Crippen LogP contribution in [0.5, 0.6) is 0 Å². The van der Waals surface area contributed by atoms with Crippen LogP contribution in [-0.2, 0) is 6.54 Å². The number of nitrogens with one attached hydrogen (secondary N) is 2. The van der Waals surface area contributed by atoms with Crippen molar-refractivity contribution in [3.8, 4) is 0 Å². The normalized spacial score (nSPS) is 14.6. The van der Waals surface area contributed by atoms with Crippen LogP contribution >= 0.6 is 11.3 Å². The summed E-state index contributed by atoms with van der Waals surface area (Å²) in [7, 11) is 0. The summed E-state index contributed by atoms with van der Waals surface area (Å²) in [5.41, 5.74) is 7.62. The van der Waals surface area contributed by atoms with Crippen molar-refractivity contribution in [3.05, 3.63) is 27.5 Å². The molecule has 100 valence electrons. The van der Waals surface area contributed by atoms with E-state index in [1.165, 1.54) is 0 Å². The predicted molar refractivity (Wildman–Crippen MR) is 73.0 cm³/mol. The highest BCUT2D eigenvalue weighted by Crippen LogP contribution is 2.42. The number of aromatic amines is 1. The molecule has 0 bridgehead atoms. The van der Waals surface area contributed by atoms with Gasteiger partial charge in [0.05, 0.1) is 17.9 Å². The molecule has 19 heavy (non-hydrogen) atoms. The van der Waals surface area contributed by atoms with Crippen LogP contribution < -0.4 is 11.1 Å². The largest absolute Gasteiger partial charge is 0.395 e. The fourth-order valence-electron chi connectivity index (χ4n) is 1.94. The number of anilines is 1. The summed E-state index contributed by atoms with van der Waals surface area (Å²) in [6.07, 6.45) is 4.03. The van der Waals surface area contributed by atoms with E-state index in [9.17, 15) is 4.79 Å². The summed E-state index contributed by atoms with van der Waals surface area (Å²) in [6, 6.07) is 0. The van der Waals surface area contributed by atoms with Crippen molar-refractivity contribution in [1.82, 2.24) is 20.5 Å². The predicted octanol–water partition coefficient (Wildman–Crippen LogP) is 1.56. The van der Waals surface area contributed by atoms with Crippen LogP contribution in [0.2, 0.25) is 0 Å². The van der Waals surface area contributed by atoms with Gasteiger partial charge in [-0.15, -0.1) is 11.3 Å². The van der Waals surface area contributed by atoms with Crippen LogP contribution in [0.1, 0.15) is 44.8 Å². The zero-order valence-electron chi connectivity index (χ0n) is 10.6. The highest BCUT2D eigenvalue weighted by molar-refractivity contribution is 7.11. The number of carbonyl (C=O) groups excluding carboxylic acids is 1. The van der Waals surface area contributed by atoms with Crippen molar-refractivity contribution in [2.75, 3.05) is 5.73 Å². The van der Waals surface area contributed by atoms with Crippen molar-refractivity contribution in [2.24, 2.45) is 0 Å². The molecule has 0 atom stereocenters. The van der Waals surface area contributed by atoms with Crippen LogP contribution in [0.25, 0.3) is 0 Å². The molecule has 3 rings (SSSR count). The molecule has 6 nitrogen and oxygen atoms in total. The number of hydrogen-bond donors (Lipinski definition) is 3. The second kappa shape index (κ2) is 4.65. The van der Waals surface area contributed by atoms with Crippen LogP contribution in [0.3, 0.4) is 0 Å². The van der Waals surface area contributed by atoms with E-state index in [1.54, 1.807) is 17.5 Å². The maximum Gasteiger partial charge on any atom is 0.274 e. The van der Waals surface area contributed by atoms with Gasteiger partial charge < -0.3 is 11.1 Å². The molecule has 0 saturated heterocycles. The molecule has 1 fully saturated rings. The van der Waals surface area contributed by atoms with Crippen LogP contribution in [0.4, 0.5) is 5.69 Å². The Bertz CT molecular complexity index is 613. The molecule has 1 amide bonds. The van der Waals surface area contributed by atoms with E-state index in [-0.39, 0.29) is 11.6 Å². The number of H-pyrrole nitrogens is 1. The van der Waals surface area contributed by atoms with Gasteiger partial charge in [-0.05, 0) is 19.8 Å². The zero-order valence-corrected chi connectivity index (χ0v) is 11.4. The van der Waals surface area contributed by atoms with Crippen LogP contribution in [-0.4, -0.2) is 21.1 Å². The van der Waals surface area contributed by atoms with Gasteiger partial charge in [-0.2, -0.15) is 5.10 Å². The van der Waals surface area contributed by atoms with Crippen molar-refractivity contribution in [1.29, 1.82) is 0 Å². The first-order valence-corrected chi connectivity index (χ1v) is 7.00. The number of thiazole rings is 1. The third kappa shape index (κ3) is 2.46. The van der Waals surface area contributed by atoms with Gasteiger partial charge >= 0.3 is 0 Å². The minimum Gasteiger partial charge on any atom is -0.395 e. The van der Waals surface area contributed by atoms with Crippen molar-refractivity contribution < 1.29 is 4.79 Å². The quantitative estimate of drug-likeness (QED) is 0.790.